The summed E-state index contributed by atoms with van der Waals surface area (Å²) in [6.45, 7) is 0.711. The van der Waals surface area contributed by atoms with Gasteiger partial charge in [-0.1, -0.05) is 11.6 Å². The number of aromatic nitrogens is 1. The van der Waals surface area contributed by atoms with Gasteiger partial charge in [0.25, 0.3) is 5.91 Å². The van der Waals surface area contributed by atoms with Gasteiger partial charge in [-0.2, -0.15) is 13.2 Å². The fourth-order valence-corrected chi connectivity index (χ4v) is 4.31. The quantitative estimate of drug-likeness (QED) is 0.555. The molecule has 4 rings (SSSR count). The maximum atomic E-state index is 14.9. The zero-order chi connectivity index (χ0) is 24.8. The van der Waals surface area contributed by atoms with Crippen molar-refractivity contribution in [3.63, 3.8) is 0 Å². The smallest absolute Gasteiger partial charge is 0.418 e. The van der Waals surface area contributed by atoms with Crippen LogP contribution in [-0.2, 0) is 16.2 Å². The molecular weight excluding hydrogens is 502 g/mol. The number of carbonyl (C=O) groups excluding carboxylic acids is 1. The van der Waals surface area contributed by atoms with Crippen molar-refractivity contribution in [1.82, 2.24) is 9.71 Å². The Morgan fingerprint density at radius 1 is 1.26 bits per heavy atom. The van der Waals surface area contributed by atoms with Crippen LogP contribution in [0.15, 0.2) is 24.4 Å². The molecule has 1 amide bonds. The molecule has 0 bridgehead atoms. The molecule has 1 aromatic heterocycles. The van der Waals surface area contributed by atoms with E-state index in [9.17, 15) is 30.8 Å². The van der Waals surface area contributed by atoms with Gasteiger partial charge in [-0.3, -0.25) is 4.79 Å². The molecule has 2 aliphatic rings. The van der Waals surface area contributed by atoms with Gasteiger partial charge in [0, 0.05) is 25.2 Å². The lowest BCUT2D eigenvalue weighted by Crippen LogP contribution is -2.49. The number of anilines is 1. The third-order valence-electron chi connectivity index (χ3n) is 5.54. The Balaban J connectivity index is 1.43. The van der Waals surface area contributed by atoms with Crippen molar-refractivity contribution in [3.8, 4) is 5.75 Å². The topological polar surface area (TPSA) is 88.6 Å². The molecule has 0 unspecified atom stereocenters. The van der Waals surface area contributed by atoms with Crippen LogP contribution in [-0.4, -0.2) is 45.3 Å². The summed E-state index contributed by atoms with van der Waals surface area (Å²) in [6.07, 6.45) is -1.13. The summed E-state index contributed by atoms with van der Waals surface area (Å²) < 4.78 is 84.3. The Hall–Kier alpha value is -2.60. The minimum Gasteiger partial charge on any atom is -0.490 e. The van der Waals surface area contributed by atoms with Crippen LogP contribution in [0.5, 0.6) is 5.75 Å². The number of hydrogen-bond donors (Lipinski definition) is 1. The van der Waals surface area contributed by atoms with Gasteiger partial charge < -0.3 is 9.64 Å². The maximum Gasteiger partial charge on any atom is 0.418 e. The van der Waals surface area contributed by atoms with Crippen LogP contribution in [0, 0.1) is 11.7 Å². The number of halogens is 5. The van der Waals surface area contributed by atoms with E-state index >= 15 is 0 Å². The van der Waals surface area contributed by atoms with Crippen LogP contribution >= 0.6 is 11.6 Å². The van der Waals surface area contributed by atoms with Crippen LogP contribution in [0.3, 0.4) is 0 Å². The highest BCUT2D eigenvalue weighted by atomic mass is 35.5. The Bertz CT molecular complexity index is 1230. The highest BCUT2D eigenvalue weighted by molar-refractivity contribution is 7.89. The average Bonchev–Trinajstić information content (AvgIpc) is 3.52. The largest absolute Gasteiger partial charge is 0.490 e. The molecule has 2 aromatic rings. The second-order valence-corrected chi connectivity index (χ2v) is 10.6. The van der Waals surface area contributed by atoms with Crippen molar-refractivity contribution in [2.75, 3.05) is 30.9 Å². The van der Waals surface area contributed by atoms with Crippen molar-refractivity contribution >= 4 is 33.3 Å². The monoisotopic (exact) mass is 521 g/mol. The third-order valence-corrected chi connectivity index (χ3v) is 6.39. The first-order valence-electron chi connectivity index (χ1n) is 10.3. The number of sulfonamides is 1. The zero-order valence-electron chi connectivity index (χ0n) is 17.8. The van der Waals surface area contributed by atoms with E-state index in [0.717, 1.165) is 31.4 Å². The first-order chi connectivity index (χ1) is 15.8. The van der Waals surface area contributed by atoms with Gasteiger partial charge in [0.2, 0.25) is 10.0 Å². The Kier molecular flexibility index (Phi) is 6.40. The van der Waals surface area contributed by atoms with Crippen molar-refractivity contribution in [1.29, 1.82) is 0 Å². The molecule has 13 heteroatoms. The van der Waals surface area contributed by atoms with E-state index in [1.807, 2.05) is 0 Å². The normalized spacial score (nSPS) is 16.8. The first-order valence-corrected chi connectivity index (χ1v) is 12.5. The second-order valence-electron chi connectivity index (χ2n) is 8.46. The Morgan fingerprint density at radius 2 is 1.94 bits per heavy atom. The maximum absolute atomic E-state index is 14.9. The predicted molar refractivity (Wildman–Crippen MR) is 116 cm³/mol. The number of hydrogen-bond acceptors (Lipinski definition) is 6. The summed E-state index contributed by atoms with van der Waals surface area (Å²) in [6, 6.07) is 3.71. The number of carbonyl (C=O) groups is 1. The Morgan fingerprint density at radius 3 is 2.53 bits per heavy atom. The molecule has 0 atom stereocenters. The molecule has 2 heterocycles. The molecule has 2 fully saturated rings. The van der Waals surface area contributed by atoms with E-state index in [1.54, 1.807) is 9.62 Å². The molecule has 184 valence electrons. The average molecular weight is 522 g/mol. The number of nitrogens with zero attached hydrogens (tertiary/aromatic N) is 2. The van der Waals surface area contributed by atoms with Gasteiger partial charge in [-0.05, 0) is 42.5 Å². The van der Waals surface area contributed by atoms with Crippen LogP contribution < -0.4 is 14.4 Å². The molecule has 7 nitrogen and oxygen atoms in total. The number of rotatable bonds is 7. The van der Waals surface area contributed by atoms with Crippen molar-refractivity contribution < 1.29 is 35.5 Å². The predicted octanol–water partition coefficient (Wildman–Crippen LogP) is 3.97. The molecule has 1 aromatic carbocycles. The fraction of sp³-hybridized carbons (Fsp3) is 0.429. The number of pyridine rings is 1. The number of ether oxygens (including phenoxy) is 1. The summed E-state index contributed by atoms with van der Waals surface area (Å²) >= 11 is 5.60. The van der Waals surface area contributed by atoms with Gasteiger partial charge >= 0.3 is 6.18 Å². The molecule has 1 saturated heterocycles. The summed E-state index contributed by atoms with van der Waals surface area (Å²) in [7, 11) is -3.88. The summed E-state index contributed by atoms with van der Waals surface area (Å²) in [5.41, 5.74) is -0.724. The number of nitrogens with one attached hydrogen (secondary N) is 1. The molecule has 1 aliphatic carbocycles. The molecule has 0 spiro atoms. The van der Waals surface area contributed by atoms with Crippen LogP contribution in [0.2, 0.25) is 5.02 Å². The van der Waals surface area contributed by atoms with Crippen molar-refractivity contribution in [2.45, 2.75) is 24.9 Å². The third kappa shape index (κ3) is 5.54. The van der Waals surface area contributed by atoms with Crippen LogP contribution in [0.4, 0.5) is 23.4 Å². The van der Waals surface area contributed by atoms with Crippen molar-refractivity contribution in [2.24, 2.45) is 5.92 Å². The van der Waals surface area contributed by atoms with Gasteiger partial charge in [0.1, 0.15) is 5.82 Å². The first kappa shape index (κ1) is 24.5. The van der Waals surface area contributed by atoms with E-state index in [-0.39, 0.29) is 30.0 Å². The Labute approximate surface area is 198 Å². The molecular formula is C21H20ClF4N3O4S. The zero-order valence-corrected chi connectivity index (χ0v) is 19.4. The lowest BCUT2D eigenvalue weighted by molar-refractivity contribution is -0.137. The second kappa shape index (κ2) is 8.88. The van der Waals surface area contributed by atoms with Crippen LogP contribution in [0.1, 0.15) is 40.2 Å². The van der Waals surface area contributed by atoms with Crippen LogP contribution in [0.25, 0.3) is 0 Å². The minimum absolute atomic E-state index is 0.0500. The van der Waals surface area contributed by atoms with E-state index < -0.39 is 44.1 Å². The summed E-state index contributed by atoms with van der Waals surface area (Å²) in [4.78, 5) is 17.8. The number of amides is 1. The van der Waals surface area contributed by atoms with E-state index in [1.165, 1.54) is 12.1 Å². The highest BCUT2D eigenvalue weighted by Gasteiger charge is 2.36. The minimum atomic E-state index is -4.60. The van der Waals surface area contributed by atoms with Gasteiger partial charge in [0.15, 0.2) is 11.6 Å². The van der Waals surface area contributed by atoms with E-state index in [0.29, 0.717) is 18.7 Å². The van der Waals surface area contributed by atoms with Gasteiger partial charge in [0.05, 0.1) is 29.0 Å². The molecule has 0 radical (unpaired) electrons. The fourth-order valence-electron chi connectivity index (χ4n) is 3.65. The lowest BCUT2D eigenvalue weighted by Gasteiger charge is -2.40. The molecule has 34 heavy (non-hydrogen) atoms. The number of alkyl halides is 3. The molecule has 1 N–H and O–H groups in total. The highest BCUT2D eigenvalue weighted by Crippen LogP contribution is 2.42. The van der Waals surface area contributed by atoms with E-state index in [2.05, 4.69) is 4.98 Å². The number of benzene rings is 1. The standard InChI is InChI=1S/C21H20ClF4N3O4S/c1-34(31,32)28-20(30)14-4-13(12-2-3-12)5-17(19(14)23)33-10-11-8-29(9-11)18-6-15(21(24,25)26)16(22)7-27-18/h4-7,11-12H,2-3,8-10H2,1H3,(H,28,30). The summed E-state index contributed by atoms with van der Waals surface area (Å²) in [5.74, 6) is -2.10. The van der Waals surface area contributed by atoms with E-state index in [4.69, 9.17) is 16.3 Å². The molecule has 1 aliphatic heterocycles. The molecule has 1 saturated carbocycles. The summed E-state index contributed by atoms with van der Waals surface area (Å²) in [5, 5.41) is -0.488. The lowest BCUT2D eigenvalue weighted by atomic mass is 10.0. The van der Waals surface area contributed by atoms with Crippen molar-refractivity contribution in [3.05, 3.63) is 51.9 Å². The SMILES string of the molecule is CS(=O)(=O)NC(=O)c1cc(C2CC2)cc(OCC2CN(c3cc(C(F)(F)F)c(Cl)cn3)C2)c1F. The van der Waals surface area contributed by atoms with Gasteiger partial charge in [-0.25, -0.2) is 22.5 Å². The van der Waals surface area contributed by atoms with Gasteiger partial charge in [-0.15, -0.1) is 0 Å².